The maximum Gasteiger partial charge on any atom is 0.408 e. The van der Waals surface area contributed by atoms with Crippen LogP contribution in [-0.4, -0.2) is 92.6 Å². The summed E-state index contributed by atoms with van der Waals surface area (Å²) in [5, 5.41) is 15.9. The van der Waals surface area contributed by atoms with Crippen molar-refractivity contribution in [3.8, 4) is 0 Å². The third kappa shape index (κ3) is 8.43. The number of aliphatic carboxylic acids is 1. The molecule has 0 bridgehead atoms. The van der Waals surface area contributed by atoms with Crippen LogP contribution in [0.15, 0.2) is 72.8 Å². The highest BCUT2D eigenvalue weighted by atomic mass is 16.6. The van der Waals surface area contributed by atoms with Crippen molar-refractivity contribution in [1.82, 2.24) is 25.3 Å². The fourth-order valence-corrected chi connectivity index (χ4v) is 7.98. The van der Waals surface area contributed by atoms with Crippen molar-refractivity contribution in [2.75, 3.05) is 19.6 Å². The fourth-order valence-electron chi connectivity index (χ4n) is 7.98. The number of benzene rings is 2. The second-order valence-corrected chi connectivity index (χ2v) is 15.7. The van der Waals surface area contributed by atoms with Crippen LogP contribution in [0.3, 0.4) is 0 Å². The molecule has 4 aliphatic rings. The van der Waals surface area contributed by atoms with Gasteiger partial charge in [-0.1, -0.05) is 85.7 Å². The van der Waals surface area contributed by atoms with Gasteiger partial charge in [-0.25, -0.2) is 14.4 Å². The van der Waals surface area contributed by atoms with Crippen molar-refractivity contribution >= 4 is 29.9 Å². The van der Waals surface area contributed by atoms with Crippen LogP contribution in [0, 0.1) is 17.8 Å². The average Bonchev–Trinajstić information content (AvgIpc) is 3.45. The molecule has 0 radical (unpaired) electrons. The van der Waals surface area contributed by atoms with Gasteiger partial charge in [0.1, 0.15) is 23.2 Å². The third-order valence-corrected chi connectivity index (χ3v) is 10.7. The number of rotatable bonds is 6. The zero-order valence-electron chi connectivity index (χ0n) is 30.3. The van der Waals surface area contributed by atoms with Gasteiger partial charge in [-0.2, -0.15) is 0 Å². The highest BCUT2D eigenvalue weighted by molar-refractivity contribution is 5.96. The van der Waals surface area contributed by atoms with Crippen molar-refractivity contribution in [3.63, 3.8) is 0 Å². The first-order chi connectivity index (χ1) is 24.8. The Bertz CT molecular complexity index is 1620. The zero-order chi connectivity index (χ0) is 37.0. The average molecular weight is 714 g/mol. The Hall–Kier alpha value is -4.87. The van der Waals surface area contributed by atoms with Crippen LogP contribution >= 0.6 is 0 Å². The van der Waals surface area contributed by atoms with Crippen molar-refractivity contribution < 1.29 is 33.8 Å². The van der Waals surface area contributed by atoms with Crippen molar-refractivity contribution in [2.45, 2.75) is 95.6 Å². The van der Waals surface area contributed by atoms with Crippen LogP contribution in [0.1, 0.15) is 70.4 Å². The van der Waals surface area contributed by atoms with Crippen LogP contribution in [0.25, 0.3) is 0 Å². The highest BCUT2D eigenvalue weighted by Crippen LogP contribution is 2.46. The monoisotopic (exact) mass is 713 g/mol. The zero-order valence-corrected chi connectivity index (χ0v) is 30.3. The van der Waals surface area contributed by atoms with E-state index in [1.807, 2.05) is 72.8 Å². The molecular formula is C40H51N5O7. The van der Waals surface area contributed by atoms with Crippen molar-refractivity contribution in [2.24, 2.45) is 17.8 Å². The van der Waals surface area contributed by atoms with E-state index in [4.69, 9.17) is 4.74 Å². The molecule has 2 aromatic rings. The number of carboxylic acid groups (broad SMARTS) is 1. The number of carbonyl (C=O) groups excluding carboxylic acids is 4. The minimum atomic E-state index is -1.45. The lowest BCUT2D eigenvalue weighted by atomic mass is 9.93. The number of carboxylic acids is 1. The Morgan fingerprint density at radius 3 is 2.21 bits per heavy atom. The van der Waals surface area contributed by atoms with E-state index in [-0.39, 0.29) is 37.4 Å². The summed E-state index contributed by atoms with van der Waals surface area (Å²) in [6.07, 6.45) is 6.82. The van der Waals surface area contributed by atoms with E-state index in [2.05, 4.69) is 10.6 Å². The van der Waals surface area contributed by atoms with Gasteiger partial charge in [-0.05, 0) is 57.6 Å². The molecule has 0 aromatic heterocycles. The van der Waals surface area contributed by atoms with E-state index >= 15 is 0 Å². The van der Waals surface area contributed by atoms with Gasteiger partial charge >= 0.3 is 18.1 Å². The molecule has 3 aliphatic heterocycles. The van der Waals surface area contributed by atoms with Gasteiger partial charge in [0.25, 0.3) is 0 Å². The molecule has 1 saturated carbocycles. The van der Waals surface area contributed by atoms with Crippen LogP contribution < -0.4 is 10.6 Å². The van der Waals surface area contributed by atoms with E-state index in [0.717, 1.165) is 30.4 Å². The number of hydrogen-bond acceptors (Lipinski definition) is 6. The summed E-state index contributed by atoms with van der Waals surface area (Å²) >= 11 is 0. The van der Waals surface area contributed by atoms with Gasteiger partial charge in [-0.3, -0.25) is 9.59 Å². The largest absolute Gasteiger partial charge is 0.479 e. The minimum Gasteiger partial charge on any atom is -0.479 e. The number of likely N-dealkylation sites (tertiary alicyclic amines) is 1. The fraction of sp³-hybridized carbons (Fsp3) is 0.525. The van der Waals surface area contributed by atoms with Crippen LogP contribution in [-0.2, 0) is 32.2 Å². The summed E-state index contributed by atoms with van der Waals surface area (Å²) < 4.78 is 5.51. The number of allylic oxidation sites excluding steroid dienone is 1. The molecular weight excluding hydrogens is 662 g/mol. The number of urea groups is 1. The summed E-state index contributed by atoms with van der Waals surface area (Å²) in [5.41, 5.74) is -0.256. The van der Waals surface area contributed by atoms with Gasteiger partial charge in [0, 0.05) is 50.5 Å². The molecule has 3 N–H and O–H groups in total. The Morgan fingerprint density at radius 1 is 0.942 bits per heavy atom. The second kappa shape index (κ2) is 15.4. The lowest BCUT2D eigenvalue weighted by molar-refractivity contribution is -0.146. The molecule has 3 fully saturated rings. The first-order valence-electron chi connectivity index (χ1n) is 18.5. The van der Waals surface area contributed by atoms with Crippen LogP contribution in [0.5, 0.6) is 0 Å². The molecule has 278 valence electrons. The quantitative estimate of drug-likeness (QED) is 0.359. The molecule has 6 rings (SSSR count). The maximum absolute atomic E-state index is 14.4. The molecule has 2 aromatic carbocycles. The Balaban J connectivity index is 1.27. The van der Waals surface area contributed by atoms with Crippen molar-refractivity contribution in [3.05, 3.63) is 83.9 Å². The number of amides is 5. The van der Waals surface area contributed by atoms with Gasteiger partial charge in [0.2, 0.25) is 11.8 Å². The Labute approximate surface area is 305 Å². The maximum atomic E-state index is 14.4. The number of carbonyl (C=O) groups is 5. The number of nitrogens with zero attached hydrogens (tertiary/aromatic N) is 3. The molecule has 0 spiro atoms. The highest BCUT2D eigenvalue weighted by Gasteiger charge is 2.62. The predicted molar refractivity (Wildman–Crippen MR) is 194 cm³/mol. The SMILES string of the molecule is CC(C)(C)OC(=O)N[C@@H]1CCCCC/C=C\[C@@H]2C[C@]2(C(=O)O)NC(=O)[C@@H]2[C@H]3CN(C(=O)N(Cc4ccccc4)Cc4ccccc4)C[C@H]3CN2C1=O. The summed E-state index contributed by atoms with van der Waals surface area (Å²) in [4.78, 5) is 73.7. The Kier molecular flexibility index (Phi) is 10.9. The molecule has 3 heterocycles. The van der Waals surface area contributed by atoms with Gasteiger partial charge in [0.15, 0.2) is 0 Å². The van der Waals surface area contributed by atoms with Gasteiger partial charge in [-0.15, -0.1) is 0 Å². The topological polar surface area (TPSA) is 149 Å². The van der Waals surface area contributed by atoms with Crippen molar-refractivity contribution in [1.29, 1.82) is 0 Å². The number of alkyl carbamates (subject to hydrolysis) is 1. The first kappa shape index (κ1) is 36.9. The van der Waals surface area contributed by atoms with Gasteiger partial charge < -0.3 is 35.2 Å². The number of hydrogen-bond donors (Lipinski definition) is 3. The number of nitrogens with one attached hydrogen (secondary N) is 2. The third-order valence-electron chi connectivity index (χ3n) is 10.7. The number of ether oxygens (including phenoxy) is 1. The van der Waals surface area contributed by atoms with Crippen LogP contribution in [0.2, 0.25) is 0 Å². The normalized spacial score (nSPS) is 28.2. The van der Waals surface area contributed by atoms with Crippen LogP contribution in [0.4, 0.5) is 9.59 Å². The van der Waals surface area contributed by atoms with Gasteiger partial charge in [0.05, 0.1) is 0 Å². The van der Waals surface area contributed by atoms with E-state index in [9.17, 15) is 29.1 Å². The van der Waals surface area contributed by atoms with E-state index in [1.54, 1.807) is 30.6 Å². The summed E-state index contributed by atoms with van der Waals surface area (Å²) in [6.45, 7) is 6.77. The second-order valence-electron chi connectivity index (χ2n) is 15.7. The van der Waals surface area contributed by atoms with E-state index < -0.39 is 53.0 Å². The summed E-state index contributed by atoms with van der Waals surface area (Å²) in [6, 6.07) is 17.4. The first-order valence-corrected chi connectivity index (χ1v) is 18.5. The molecule has 2 saturated heterocycles. The van der Waals surface area contributed by atoms with E-state index in [0.29, 0.717) is 32.5 Å². The lowest BCUT2D eigenvalue weighted by Crippen LogP contribution is -2.58. The Morgan fingerprint density at radius 2 is 1.60 bits per heavy atom. The van der Waals surface area contributed by atoms with E-state index in [1.165, 1.54) is 4.90 Å². The standard InChI is InChI=1S/C40H51N5O7/c1-39(2,3)52-37(50)41-32-20-14-6-4-5-13-19-30-21-40(30,36(48)49)42-34(46)33-31-26-44(24-29(31)25-45(33)35(32)47)38(51)43(22-27-15-9-7-10-16-27)23-28-17-11-8-12-18-28/h7-13,15-19,29-33H,4-6,14,20-26H2,1-3H3,(H,41,50)(H,42,46)(H,48,49)/b19-13-/t29-,30+,31-,32+,33-,40-/m0/s1. The molecule has 12 nitrogen and oxygen atoms in total. The summed E-state index contributed by atoms with van der Waals surface area (Å²) in [5.74, 6) is -3.08. The molecule has 1 aliphatic carbocycles. The predicted octanol–water partition coefficient (Wildman–Crippen LogP) is 4.94. The summed E-state index contributed by atoms with van der Waals surface area (Å²) in [7, 11) is 0. The molecule has 5 amide bonds. The molecule has 12 heteroatoms. The molecule has 0 unspecified atom stereocenters. The molecule has 52 heavy (non-hydrogen) atoms. The lowest BCUT2D eigenvalue weighted by Gasteiger charge is -2.34. The number of fused-ring (bicyclic) bond motifs is 4. The molecule has 6 atom stereocenters. The minimum absolute atomic E-state index is 0.170. The smallest absolute Gasteiger partial charge is 0.408 e.